The maximum absolute atomic E-state index is 12.5. The van der Waals surface area contributed by atoms with Crippen LogP contribution in [0, 0.1) is 0 Å². The standard InChI is InChI=1S/C21H20N4O2S/c1-13(2)14-8-10-15(11-9-14)19-23-18(27-24-19)12-28-21-22-17-7-5-4-6-16(17)20(26)25(21)3/h4-11,13H,12H2,1-3H3. The molecule has 0 bridgehead atoms. The molecule has 0 radical (unpaired) electrons. The summed E-state index contributed by atoms with van der Waals surface area (Å²) in [6.45, 7) is 4.32. The molecule has 0 aliphatic carbocycles. The lowest BCUT2D eigenvalue weighted by Crippen LogP contribution is -2.19. The van der Waals surface area contributed by atoms with Gasteiger partial charge in [-0.3, -0.25) is 9.36 Å². The molecule has 0 atom stereocenters. The number of hydrogen-bond acceptors (Lipinski definition) is 6. The minimum Gasteiger partial charge on any atom is -0.338 e. The summed E-state index contributed by atoms with van der Waals surface area (Å²) in [6, 6.07) is 15.5. The molecule has 4 aromatic rings. The van der Waals surface area contributed by atoms with Crippen molar-refractivity contribution in [3.63, 3.8) is 0 Å². The van der Waals surface area contributed by atoms with Crippen LogP contribution >= 0.6 is 11.8 Å². The molecule has 0 aliphatic rings. The first-order valence-electron chi connectivity index (χ1n) is 9.04. The summed E-state index contributed by atoms with van der Waals surface area (Å²) in [5.74, 6) is 1.98. The monoisotopic (exact) mass is 392 g/mol. The highest BCUT2D eigenvalue weighted by Crippen LogP contribution is 2.24. The summed E-state index contributed by atoms with van der Waals surface area (Å²) < 4.78 is 6.93. The van der Waals surface area contributed by atoms with Crippen LogP contribution in [0.1, 0.15) is 31.2 Å². The van der Waals surface area contributed by atoms with E-state index in [1.165, 1.54) is 17.3 Å². The van der Waals surface area contributed by atoms with Crippen molar-refractivity contribution < 1.29 is 4.52 Å². The van der Waals surface area contributed by atoms with E-state index in [0.29, 0.717) is 39.4 Å². The molecule has 0 unspecified atom stereocenters. The van der Waals surface area contributed by atoms with E-state index in [1.807, 2.05) is 30.3 Å². The molecule has 28 heavy (non-hydrogen) atoms. The van der Waals surface area contributed by atoms with Gasteiger partial charge >= 0.3 is 0 Å². The first-order chi connectivity index (χ1) is 13.5. The maximum Gasteiger partial charge on any atom is 0.261 e. The predicted molar refractivity (Wildman–Crippen MR) is 110 cm³/mol. The smallest absolute Gasteiger partial charge is 0.261 e. The Labute approximate surface area is 166 Å². The molecule has 0 saturated carbocycles. The van der Waals surface area contributed by atoms with Gasteiger partial charge in [0.05, 0.1) is 16.7 Å². The summed E-state index contributed by atoms with van der Waals surface area (Å²) in [4.78, 5) is 21.5. The van der Waals surface area contributed by atoms with Gasteiger partial charge < -0.3 is 4.52 Å². The van der Waals surface area contributed by atoms with Crippen LogP contribution in [0.4, 0.5) is 0 Å². The minimum absolute atomic E-state index is 0.0652. The van der Waals surface area contributed by atoms with Crippen LogP contribution in [0.5, 0.6) is 0 Å². The Bertz CT molecular complexity index is 1180. The molecule has 0 amide bonds. The highest BCUT2D eigenvalue weighted by molar-refractivity contribution is 7.98. The molecular formula is C21H20N4O2S. The van der Waals surface area contributed by atoms with Gasteiger partial charge in [-0.25, -0.2) is 4.98 Å². The van der Waals surface area contributed by atoms with E-state index in [0.717, 1.165) is 5.56 Å². The van der Waals surface area contributed by atoms with Gasteiger partial charge in [-0.05, 0) is 23.6 Å². The van der Waals surface area contributed by atoms with Gasteiger partial charge in [0, 0.05) is 12.6 Å². The van der Waals surface area contributed by atoms with E-state index in [-0.39, 0.29) is 5.56 Å². The van der Waals surface area contributed by atoms with Gasteiger partial charge in [0.2, 0.25) is 11.7 Å². The van der Waals surface area contributed by atoms with Crippen molar-refractivity contribution in [2.45, 2.75) is 30.7 Å². The molecule has 2 heterocycles. The van der Waals surface area contributed by atoms with Crippen LogP contribution in [0.3, 0.4) is 0 Å². The quantitative estimate of drug-likeness (QED) is 0.370. The SMILES string of the molecule is CC(C)c1ccc(-c2noc(CSc3nc4ccccc4c(=O)n3C)n2)cc1. The molecule has 0 aliphatic heterocycles. The Morgan fingerprint density at radius 2 is 1.82 bits per heavy atom. The van der Waals surface area contributed by atoms with Crippen molar-refractivity contribution in [2.75, 3.05) is 0 Å². The Balaban J connectivity index is 1.53. The molecule has 4 rings (SSSR count). The summed E-state index contributed by atoms with van der Waals surface area (Å²) in [7, 11) is 1.72. The molecule has 0 saturated heterocycles. The zero-order valence-corrected chi connectivity index (χ0v) is 16.7. The van der Waals surface area contributed by atoms with Crippen LogP contribution in [-0.4, -0.2) is 19.7 Å². The summed E-state index contributed by atoms with van der Waals surface area (Å²) >= 11 is 1.40. The predicted octanol–water partition coefficient (Wildman–Crippen LogP) is 4.40. The fourth-order valence-electron chi connectivity index (χ4n) is 2.90. The lowest BCUT2D eigenvalue weighted by atomic mass is 10.0. The van der Waals surface area contributed by atoms with Crippen LogP contribution < -0.4 is 5.56 Å². The average molecular weight is 392 g/mol. The number of para-hydroxylation sites is 1. The van der Waals surface area contributed by atoms with Crippen LogP contribution in [0.15, 0.2) is 63.0 Å². The largest absolute Gasteiger partial charge is 0.338 e. The zero-order chi connectivity index (χ0) is 19.7. The van der Waals surface area contributed by atoms with Gasteiger partial charge in [-0.2, -0.15) is 4.98 Å². The highest BCUT2D eigenvalue weighted by atomic mass is 32.2. The zero-order valence-electron chi connectivity index (χ0n) is 15.9. The van der Waals surface area contributed by atoms with E-state index >= 15 is 0 Å². The average Bonchev–Trinajstić information content (AvgIpc) is 3.19. The van der Waals surface area contributed by atoms with Gasteiger partial charge in [-0.1, -0.05) is 67.2 Å². The van der Waals surface area contributed by atoms with Gasteiger partial charge in [-0.15, -0.1) is 0 Å². The number of thioether (sulfide) groups is 1. The first-order valence-corrected chi connectivity index (χ1v) is 10.0. The Kier molecular flexibility index (Phi) is 5.00. The number of fused-ring (bicyclic) bond motifs is 1. The molecule has 0 fully saturated rings. The van der Waals surface area contributed by atoms with Gasteiger partial charge in [0.1, 0.15) is 0 Å². The van der Waals surface area contributed by atoms with Gasteiger partial charge in [0.25, 0.3) is 5.56 Å². The van der Waals surface area contributed by atoms with Crippen LogP contribution in [0.2, 0.25) is 0 Å². The molecule has 2 aromatic heterocycles. The van der Waals surface area contributed by atoms with E-state index < -0.39 is 0 Å². The van der Waals surface area contributed by atoms with E-state index in [9.17, 15) is 4.79 Å². The Morgan fingerprint density at radius 3 is 2.57 bits per heavy atom. The van der Waals surface area contributed by atoms with E-state index in [4.69, 9.17) is 4.52 Å². The Morgan fingerprint density at radius 1 is 1.07 bits per heavy atom. The molecule has 0 N–H and O–H groups in total. The number of aromatic nitrogens is 4. The fraction of sp³-hybridized carbons (Fsp3) is 0.238. The second kappa shape index (κ2) is 7.59. The van der Waals surface area contributed by atoms with E-state index in [2.05, 4.69) is 41.1 Å². The van der Waals surface area contributed by atoms with Crippen molar-refractivity contribution in [2.24, 2.45) is 7.05 Å². The number of nitrogens with zero attached hydrogens (tertiary/aromatic N) is 4. The topological polar surface area (TPSA) is 73.8 Å². The molecule has 7 heteroatoms. The van der Waals surface area contributed by atoms with Crippen LogP contribution in [0.25, 0.3) is 22.3 Å². The van der Waals surface area contributed by atoms with Crippen molar-refractivity contribution in [1.29, 1.82) is 0 Å². The van der Waals surface area contributed by atoms with Crippen molar-refractivity contribution in [1.82, 2.24) is 19.7 Å². The maximum atomic E-state index is 12.5. The normalized spacial score (nSPS) is 11.4. The number of benzene rings is 2. The fourth-order valence-corrected chi connectivity index (χ4v) is 3.71. The molecule has 0 spiro atoms. The van der Waals surface area contributed by atoms with Crippen LogP contribution in [-0.2, 0) is 12.8 Å². The molecular weight excluding hydrogens is 372 g/mol. The third-order valence-corrected chi connectivity index (χ3v) is 5.59. The third kappa shape index (κ3) is 3.57. The minimum atomic E-state index is -0.0652. The second-order valence-corrected chi connectivity index (χ2v) is 7.80. The number of hydrogen-bond donors (Lipinski definition) is 0. The van der Waals surface area contributed by atoms with Crippen molar-refractivity contribution in [3.8, 4) is 11.4 Å². The Hall–Kier alpha value is -2.93. The lowest BCUT2D eigenvalue weighted by Gasteiger charge is -2.07. The first kappa shape index (κ1) is 18.4. The highest BCUT2D eigenvalue weighted by Gasteiger charge is 2.13. The van der Waals surface area contributed by atoms with E-state index in [1.54, 1.807) is 17.7 Å². The third-order valence-electron chi connectivity index (χ3n) is 4.57. The second-order valence-electron chi connectivity index (χ2n) is 6.85. The molecule has 6 nitrogen and oxygen atoms in total. The van der Waals surface area contributed by atoms with Crippen molar-refractivity contribution in [3.05, 3.63) is 70.3 Å². The molecule has 2 aromatic carbocycles. The number of rotatable bonds is 5. The molecule has 142 valence electrons. The summed E-state index contributed by atoms with van der Waals surface area (Å²) in [6.07, 6.45) is 0. The van der Waals surface area contributed by atoms with Gasteiger partial charge in [0.15, 0.2) is 5.16 Å². The summed E-state index contributed by atoms with van der Waals surface area (Å²) in [5, 5.41) is 5.30. The lowest BCUT2D eigenvalue weighted by molar-refractivity contribution is 0.391. The summed E-state index contributed by atoms with van der Waals surface area (Å²) in [5.41, 5.74) is 2.81. The van der Waals surface area contributed by atoms with Crippen molar-refractivity contribution >= 4 is 22.7 Å².